The van der Waals surface area contributed by atoms with E-state index in [-0.39, 0.29) is 22.7 Å². The van der Waals surface area contributed by atoms with Gasteiger partial charge in [0, 0.05) is 16.8 Å². The van der Waals surface area contributed by atoms with Crippen molar-refractivity contribution in [2.24, 2.45) is 0 Å². The number of nitrogens with zero attached hydrogens (tertiary/aromatic N) is 1. The van der Waals surface area contributed by atoms with Gasteiger partial charge < -0.3 is 14.8 Å². The van der Waals surface area contributed by atoms with Gasteiger partial charge in [0.05, 0.1) is 10.4 Å². The Hall–Kier alpha value is -2.94. The fourth-order valence-corrected chi connectivity index (χ4v) is 3.54. The van der Waals surface area contributed by atoms with E-state index in [0.29, 0.717) is 32.3 Å². The molecule has 0 unspecified atom stereocenters. The molecule has 0 spiro atoms. The molecule has 2 aromatic carbocycles. The van der Waals surface area contributed by atoms with Crippen LogP contribution in [0.3, 0.4) is 0 Å². The molecule has 0 fully saturated rings. The third kappa shape index (κ3) is 3.84. The molecule has 0 aliphatic carbocycles. The number of hydrogen-bond donors (Lipinski definition) is 3. The number of aromatic nitrogens is 1. The number of anilines is 1. The van der Waals surface area contributed by atoms with E-state index in [9.17, 15) is 9.90 Å². The maximum atomic E-state index is 12.0. The van der Waals surface area contributed by atoms with Crippen LogP contribution in [0.25, 0.3) is 22.6 Å². The molecule has 6 nitrogen and oxygen atoms in total. The zero-order valence-electron chi connectivity index (χ0n) is 14.1. The smallest absolute Gasteiger partial charge is 0.267 e. The molecule has 140 valence electrons. The summed E-state index contributed by atoms with van der Waals surface area (Å²) in [6.45, 7) is 0. The molecule has 28 heavy (non-hydrogen) atoms. The van der Waals surface area contributed by atoms with Gasteiger partial charge in [0.15, 0.2) is 10.7 Å². The summed E-state index contributed by atoms with van der Waals surface area (Å²) in [5, 5.41) is 18.3. The van der Waals surface area contributed by atoms with Crippen molar-refractivity contribution in [3.05, 3.63) is 63.8 Å². The number of rotatable bonds is 3. The number of nitrogens with one attached hydrogen (secondary N) is 2. The van der Waals surface area contributed by atoms with E-state index in [1.54, 1.807) is 42.5 Å². The van der Waals surface area contributed by atoms with Gasteiger partial charge in [-0.25, -0.2) is 4.98 Å². The summed E-state index contributed by atoms with van der Waals surface area (Å²) in [6.07, 6.45) is 0. The molecule has 0 saturated carbocycles. The van der Waals surface area contributed by atoms with E-state index in [0.717, 1.165) is 0 Å². The topological polar surface area (TPSA) is 87.4 Å². The van der Waals surface area contributed by atoms with Crippen molar-refractivity contribution in [2.45, 2.75) is 0 Å². The minimum atomic E-state index is -0.293. The van der Waals surface area contributed by atoms with Crippen LogP contribution in [0.5, 0.6) is 5.75 Å². The third-order valence-corrected chi connectivity index (χ3v) is 5.12. The highest BCUT2D eigenvalue weighted by Gasteiger charge is 2.14. The Morgan fingerprint density at radius 3 is 2.82 bits per heavy atom. The second-order valence-corrected chi connectivity index (χ2v) is 7.54. The number of carbonyl (C=O) groups excluding carboxylic acids is 1. The number of thiophene rings is 1. The molecule has 4 rings (SSSR count). The van der Waals surface area contributed by atoms with Gasteiger partial charge in [0.25, 0.3) is 5.91 Å². The van der Waals surface area contributed by atoms with E-state index in [1.807, 2.05) is 5.38 Å². The first-order valence-corrected chi connectivity index (χ1v) is 9.71. The second-order valence-electron chi connectivity index (χ2n) is 5.75. The summed E-state index contributed by atoms with van der Waals surface area (Å²) in [5.41, 5.74) is 2.10. The van der Waals surface area contributed by atoms with Gasteiger partial charge in [-0.3, -0.25) is 10.1 Å². The number of benzene rings is 2. The van der Waals surface area contributed by atoms with E-state index in [4.69, 9.17) is 28.2 Å². The number of amides is 1. The molecule has 0 atom stereocenters. The Morgan fingerprint density at radius 1 is 1.21 bits per heavy atom. The molecule has 2 aromatic heterocycles. The second kappa shape index (κ2) is 7.59. The molecule has 2 heterocycles. The van der Waals surface area contributed by atoms with Crippen LogP contribution in [0.2, 0.25) is 5.02 Å². The lowest BCUT2D eigenvalue weighted by Gasteiger charge is -2.10. The number of aromatic hydroxyl groups is 1. The quantitative estimate of drug-likeness (QED) is 0.395. The van der Waals surface area contributed by atoms with Crippen molar-refractivity contribution in [3.8, 4) is 17.2 Å². The first-order valence-electron chi connectivity index (χ1n) is 8.05. The average molecular weight is 430 g/mol. The third-order valence-electron chi connectivity index (χ3n) is 3.81. The van der Waals surface area contributed by atoms with Crippen LogP contribution in [0.15, 0.2) is 58.3 Å². The molecule has 0 aliphatic rings. The molecule has 0 bridgehead atoms. The largest absolute Gasteiger partial charge is 0.507 e. The zero-order valence-corrected chi connectivity index (χ0v) is 16.5. The fourth-order valence-electron chi connectivity index (χ4n) is 2.54. The summed E-state index contributed by atoms with van der Waals surface area (Å²) < 4.78 is 5.67. The van der Waals surface area contributed by atoms with Crippen LogP contribution in [0.1, 0.15) is 9.67 Å². The minimum Gasteiger partial charge on any atom is -0.507 e. The highest BCUT2D eigenvalue weighted by atomic mass is 35.5. The molecule has 9 heteroatoms. The maximum absolute atomic E-state index is 12.0. The van der Waals surface area contributed by atoms with Gasteiger partial charge in [-0.15, -0.1) is 11.3 Å². The molecule has 0 aliphatic heterocycles. The summed E-state index contributed by atoms with van der Waals surface area (Å²) in [5.74, 6) is -0.0663. The standard InChI is InChI=1S/C19H12ClN3O3S2/c20-10-3-6-15-13(8-10)22-18(26-15)12-5-4-11(9-14(12)24)21-19(27)23-17(25)16-2-1-7-28-16/h1-9,24H,(H2,21,23,25,27). The van der Waals surface area contributed by atoms with Crippen molar-refractivity contribution in [1.29, 1.82) is 0 Å². The average Bonchev–Trinajstić information content (AvgIpc) is 3.31. The number of phenols is 1. The van der Waals surface area contributed by atoms with Crippen LogP contribution in [-0.2, 0) is 0 Å². The van der Waals surface area contributed by atoms with E-state index < -0.39 is 0 Å². The predicted molar refractivity (Wildman–Crippen MR) is 114 cm³/mol. The number of hydrogen-bond acceptors (Lipinski definition) is 6. The lowest BCUT2D eigenvalue weighted by atomic mass is 10.2. The molecule has 0 saturated heterocycles. The Morgan fingerprint density at radius 2 is 2.07 bits per heavy atom. The van der Waals surface area contributed by atoms with Gasteiger partial charge in [-0.05, 0) is 54.0 Å². The first-order chi connectivity index (χ1) is 13.5. The Labute approximate surface area is 173 Å². The van der Waals surface area contributed by atoms with Gasteiger partial charge in [0.1, 0.15) is 11.3 Å². The lowest BCUT2D eigenvalue weighted by Crippen LogP contribution is -2.33. The summed E-state index contributed by atoms with van der Waals surface area (Å²) in [4.78, 5) is 16.9. The molecular weight excluding hydrogens is 418 g/mol. The van der Waals surface area contributed by atoms with Gasteiger partial charge in [-0.1, -0.05) is 17.7 Å². The highest BCUT2D eigenvalue weighted by Crippen LogP contribution is 2.33. The zero-order chi connectivity index (χ0) is 19.7. The lowest BCUT2D eigenvalue weighted by molar-refractivity contribution is 0.0981. The van der Waals surface area contributed by atoms with Gasteiger partial charge >= 0.3 is 0 Å². The number of oxazole rings is 1. The predicted octanol–water partition coefficient (Wildman–Crippen LogP) is 5.04. The summed E-state index contributed by atoms with van der Waals surface area (Å²) in [6, 6.07) is 13.4. The van der Waals surface area contributed by atoms with Crippen molar-refractivity contribution >= 4 is 63.0 Å². The molecular formula is C19H12ClN3O3S2. The van der Waals surface area contributed by atoms with Crippen LogP contribution in [0, 0.1) is 0 Å². The Kier molecular flexibility index (Phi) is 4.99. The van der Waals surface area contributed by atoms with Gasteiger partial charge in [0.2, 0.25) is 5.89 Å². The number of thiocarbonyl (C=S) groups is 1. The van der Waals surface area contributed by atoms with Crippen LogP contribution in [0.4, 0.5) is 5.69 Å². The number of halogens is 1. The summed E-state index contributed by atoms with van der Waals surface area (Å²) in [7, 11) is 0. The van der Waals surface area contributed by atoms with Crippen LogP contribution >= 0.6 is 35.2 Å². The molecule has 3 N–H and O–H groups in total. The Bertz CT molecular complexity index is 1190. The number of fused-ring (bicyclic) bond motifs is 1. The van der Waals surface area contributed by atoms with Crippen molar-refractivity contribution < 1.29 is 14.3 Å². The summed E-state index contributed by atoms with van der Waals surface area (Å²) >= 11 is 12.4. The van der Waals surface area contributed by atoms with Gasteiger partial charge in [-0.2, -0.15) is 0 Å². The van der Waals surface area contributed by atoms with E-state index in [1.165, 1.54) is 17.4 Å². The van der Waals surface area contributed by atoms with Crippen molar-refractivity contribution in [3.63, 3.8) is 0 Å². The highest BCUT2D eigenvalue weighted by molar-refractivity contribution is 7.80. The molecule has 4 aromatic rings. The SMILES string of the molecule is O=C(NC(=S)Nc1ccc(-c2nc3cc(Cl)ccc3o2)c(O)c1)c1cccs1. The van der Waals surface area contributed by atoms with Crippen LogP contribution in [-0.4, -0.2) is 21.1 Å². The van der Waals surface area contributed by atoms with Crippen molar-refractivity contribution in [2.75, 3.05) is 5.32 Å². The van der Waals surface area contributed by atoms with E-state index in [2.05, 4.69) is 15.6 Å². The Balaban J connectivity index is 1.50. The first kappa shape index (κ1) is 18.4. The number of phenolic OH excluding ortho intramolecular Hbond substituents is 1. The van der Waals surface area contributed by atoms with Crippen molar-refractivity contribution in [1.82, 2.24) is 10.3 Å². The molecule has 1 amide bonds. The fraction of sp³-hybridized carbons (Fsp3) is 0. The van der Waals surface area contributed by atoms with E-state index >= 15 is 0 Å². The molecule has 0 radical (unpaired) electrons. The maximum Gasteiger partial charge on any atom is 0.267 e. The normalized spacial score (nSPS) is 10.8. The number of carbonyl (C=O) groups is 1. The van der Waals surface area contributed by atoms with Crippen LogP contribution < -0.4 is 10.6 Å². The monoisotopic (exact) mass is 429 g/mol. The minimum absolute atomic E-state index is 0.0463.